The zero-order valence-electron chi connectivity index (χ0n) is 14.0. The number of methoxy groups -OCH3 is 1. The number of hydrogen-bond donors (Lipinski definition) is 0. The Labute approximate surface area is 144 Å². The van der Waals surface area contributed by atoms with Crippen LogP contribution in [0.3, 0.4) is 0 Å². The van der Waals surface area contributed by atoms with Crippen molar-refractivity contribution in [2.45, 2.75) is 5.03 Å². The fraction of sp³-hybridized carbons (Fsp3) is 0.235. The number of carbonyl (C=O) groups excluding carboxylic acids is 1. The van der Waals surface area contributed by atoms with Gasteiger partial charge >= 0.3 is 0 Å². The fourth-order valence-corrected chi connectivity index (χ4v) is 2.42. The average molecular weight is 345 g/mol. The van der Waals surface area contributed by atoms with Crippen molar-refractivity contribution in [2.75, 3.05) is 20.5 Å². The molecule has 126 valence electrons. The molecule has 7 heteroatoms. The van der Waals surface area contributed by atoms with E-state index in [2.05, 4.69) is 14.8 Å². The van der Waals surface area contributed by atoms with E-state index >= 15 is 0 Å². The van der Waals surface area contributed by atoms with Gasteiger partial charge in [0.05, 0.1) is 22.1 Å². The maximum Gasteiger partial charge on any atom is 0.150 e. The smallest absolute Gasteiger partial charge is 0.150 e. The van der Waals surface area contributed by atoms with E-state index in [9.17, 15) is 4.79 Å². The van der Waals surface area contributed by atoms with E-state index < -0.39 is 0 Å². The molecular weight excluding hydrogens is 326 g/mol. The zero-order valence-corrected chi connectivity index (χ0v) is 14.8. The van der Waals surface area contributed by atoms with Gasteiger partial charge in [-0.15, -0.1) is 11.8 Å². The van der Waals surface area contributed by atoms with Crippen LogP contribution < -0.4 is 4.74 Å². The summed E-state index contributed by atoms with van der Waals surface area (Å²) in [5.41, 5.74) is 1.26. The molecule has 0 aliphatic carbocycles. The third-order valence-electron chi connectivity index (χ3n) is 3.01. The lowest BCUT2D eigenvalue weighted by atomic mass is 10.1. The predicted molar refractivity (Wildman–Crippen MR) is 95.1 cm³/mol. The number of fused-ring (bicyclic) bond motifs is 1. The van der Waals surface area contributed by atoms with E-state index in [4.69, 9.17) is 4.74 Å². The molecule has 0 aliphatic rings. The van der Waals surface area contributed by atoms with Crippen LogP contribution >= 0.6 is 11.8 Å². The molecule has 0 aliphatic heterocycles. The Hall–Kier alpha value is -2.38. The quantitative estimate of drug-likeness (QED) is 0.532. The SMILES string of the molecule is COC.CSc1ccc(Oc2cc(C=O)cc3nn(C)cc23)cn1. The van der Waals surface area contributed by atoms with Gasteiger partial charge in [-0.05, 0) is 30.5 Å². The molecule has 0 saturated carbocycles. The Morgan fingerprint density at radius 2 is 2.00 bits per heavy atom. The van der Waals surface area contributed by atoms with Crippen LogP contribution in [0.4, 0.5) is 0 Å². The first kappa shape index (κ1) is 18.0. The van der Waals surface area contributed by atoms with Crippen LogP contribution in [-0.4, -0.2) is 41.5 Å². The summed E-state index contributed by atoms with van der Waals surface area (Å²) in [6.07, 6.45) is 6.29. The van der Waals surface area contributed by atoms with Gasteiger partial charge in [0.15, 0.2) is 0 Å². The highest BCUT2D eigenvalue weighted by molar-refractivity contribution is 7.98. The molecule has 0 N–H and O–H groups in total. The number of thioether (sulfide) groups is 1. The summed E-state index contributed by atoms with van der Waals surface area (Å²) in [7, 11) is 5.08. The number of ether oxygens (including phenoxy) is 2. The van der Waals surface area contributed by atoms with E-state index in [0.717, 1.165) is 22.2 Å². The summed E-state index contributed by atoms with van der Waals surface area (Å²) in [6, 6.07) is 7.20. The van der Waals surface area contributed by atoms with Crippen molar-refractivity contribution in [1.82, 2.24) is 14.8 Å². The molecule has 0 bridgehead atoms. The number of benzene rings is 1. The number of hydrogen-bond acceptors (Lipinski definition) is 6. The van der Waals surface area contributed by atoms with E-state index in [1.54, 1.807) is 49.0 Å². The molecule has 2 heterocycles. The molecule has 6 nitrogen and oxygen atoms in total. The molecular formula is C17H19N3O3S. The van der Waals surface area contributed by atoms with Crippen molar-refractivity contribution in [3.05, 3.63) is 42.2 Å². The Morgan fingerprint density at radius 1 is 1.25 bits per heavy atom. The standard InChI is InChI=1S/C15H13N3O2S.C2H6O/c1-18-8-12-13(17-18)5-10(9-19)6-14(12)20-11-3-4-15(21-2)16-7-11;1-3-2/h3-9H,1-2H3;1-2H3. The second kappa shape index (κ2) is 8.47. The van der Waals surface area contributed by atoms with E-state index in [1.165, 1.54) is 0 Å². The van der Waals surface area contributed by atoms with Crippen molar-refractivity contribution in [2.24, 2.45) is 7.05 Å². The first-order valence-electron chi connectivity index (χ1n) is 7.12. The molecule has 0 amide bonds. The van der Waals surface area contributed by atoms with Crippen LogP contribution in [0.15, 0.2) is 41.7 Å². The number of nitrogens with zero attached hydrogens (tertiary/aromatic N) is 3. The summed E-state index contributed by atoms with van der Waals surface area (Å²) < 4.78 is 11.8. The Bertz CT molecular complexity index is 816. The number of aldehydes is 1. The van der Waals surface area contributed by atoms with Crippen molar-refractivity contribution < 1.29 is 14.3 Å². The van der Waals surface area contributed by atoms with Crippen LogP contribution in [0, 0.1) is 0 Å². The first-order chi connectivity index (χ1) is 11.6. The fourth-order valence-electron chi connectivity index (χ4n) is 2.06. The minimum Gasteiger partial charge on any atom is -0.455 e. The second-order valence-electron chi connectivity index (χ2n) is 4.92. The van der Waals surface area contributed by atoms with E-state index in [0.29, 0.717) is 17.1 Å². The van der Waals surface area contributed by atoms with Gasteiger partial charge in [0.25, 0.3) is 0 Å². The number of carbonyl (C=O) groups is 1. The van der Waals surface area contributed by atoms with Crippen LogP contribution in [0.25, 0.3) is 10.9 Å². The van der Waals surface area contributed by atoms with Gasteiger partial charge in [0.2, 0.25) is 0 Å². The van der Waals surface area contributed by atoms with Crippen molar-refractivity contribution >= 4 is 29.0 Å². The molecule has 24 heavy (non-hydrogen) atoms. The molecule has 1 aromatic carbocycles. The predicted octanol–water partition coefficient (Wildman–Crippen LogP) is 3.56. The maximum atomic E-state index is 11.0. The average Bonchev–Trinajstić information content (AvgIpc) is 2.96. The number of pyridine rings is 1. The topological polar surface area (TPSA) is 66.2 Å². The Morgan fingerprint density at radius 3 is 2.58 bits per heavy atom. The van der Waals surface area contributed by atoms with Crippen molar-refractivity contribution in [3.8, 4) is 11.5 Å². The molecule has 3 rings (SSSR count). The summed E-state index contributed by atoms with van der Waals surface area (Å²) in [5, 5.41) is 6.10. The monoisotopic (exact) mass is 345 g/mol. The first-order valence-corrected chi connectivity index (χ1v) is 8.34. The van der Waals surface area contributed by atoms with Gasteiger partial charge in [0, 0.05) is 33.0 Å². The Kier molecular flexibility index (Phi) is 6.34. The highest BCUT2D eigenvalue weighted by Gasteiger charge is 2.10. The summed E-state index contributed by atoms with van der Waals surface area (Å²) in [5.74, 6) is 1.22. The molecule has 0 unspecified atom stereocenters. The van der Waals surface area contributed by atoms with Gasteiger partial charge < -0.3 is 9.47 Å². The highest BCUT2D eigenvalue weighted by atomic mass is 32.2. The van der Waals surface area contributed by atoms with Gasteiger partial charge in [0.1, 0.15) is 17.8 Å². The number of aromatic nitrogens is 3. The molecule has 0 saturated heterocycles. The zero-order chi connectivity index (χ0) is 17.5. The van der Waals surface area contributed by atoms with Gasteiger partial charge in [-0.1, -0.05) is 0 Å². The normalized spacial score (nSPS) is 10.2. The number of aryl methyl sites for hydroxylation is 1. The summed E-state index contributed by atoms with van der Waals surface area (Å²) in [6.45, 7) is 0. The van der Waals surface area contributed by atoms with E-state index in [1.807, 2.05) is 31.6 Å². The molecule has 0 atom stereocenters. The summed E-state index contributed by atoms with van der Waals surface area (Å²) >= 11 is 1.57. The van der Waals surface area contributed by atoms with Crippen molar-refractivity contribution in [3.63, 3.8) is 0 Å². The van der Waals surface area contributed by atoms with Gasteiger partial charge in [-0.25, -0.2) is 4.98 Å². The van der Waals surface area contributed by atoms with Crippen LogP contribution in [0.1, 0.15) is 10.4 Å². The number of rotatable bonds is 4. The lowest BCUT2D eigenvalue weighted by Gasteiger charge is -2.07. The third-order valence-corrected chi connectivity index (χ3v) is 3.67. The lowest BCUT2D eigenvalue weighted by molar-refractivity contribution is 0.112. The summed E-state index contributed by atoms with van der Waals surface area (Å²) in [4.78, 5) is 15.3. The van der Waals surface area contributed by atoms with Gasteiger partial charge in [-0.3, -0.25) is 9.48 Å². The molecule has 0 radical (unpaired) electrons. The largest absolute Gasteiger partial charge is 0.455 e. The lowest BCUT2D eigenvalue weighted by Crippen LogP contribution is -1.89. The second-order valence-corrected chi connectivity index (χ2v) is 5.75. The van der Waals surface area contributed by atoms with Crippen LogP contribution in [-0.2, 0) is 11.8 Å². The molecule has 0 spiro atoms. The Balaban J connectivity index is 0.000000647. The van der Waals surface area contributed by atoms with Crippen LogP contribution in [0.5, 0.6) is 11.5 Å². The molecule has 0 fully saturated rings. The van der Waals surface area contributed by atoms with E-state index in [-0.39, 0.29) is 0 Å². The molecule has 2 aromatic heterocycles. The maximum absolute atomic E-state index is 11.0. The highest BCUT2D eigenvalue weighted by Crippen LogP contribution is 2.30. The van der Waals surface area contributed by atoms with Crippen molar-refractivity contribution in [1.29, 1.82) is 0 Å². The minimum absolute atomic E-state index is 0.532. The van der Waals surface area contributed by atoms with Crippen LogP contribution in [0.2, 0.25) is 0 Å². The third kappa shape index (κ3) is 4.33. The van der Waals surface area contributed by atoms with Gasteiger partial charge in [-0.2, -0.15) is 5.10 Å². The molecule has 3 aromatic rings. The minimum atomic E-state index is 0.532.